The molecule has 1 amide bonds. The van der Waals surface area contributed by atoms with E-state index in [2.05, 4.69) is 5.32 Å². The summed E-state index contributed by atoms with van der Waals surface area (Å²) in [6.07, 6.45) is 0. The number of nitrogens with zero attached hydrogens (tertiary/aromatic N) is 1. The number of ether oxygens (including phenoxy) is 1. The third kappa shape index (κ3) is 4.60. The molecule has 2 aromatic carbocycles. The van der Waals surface area contributed by atoms with E-state index in [0.717, 1.165) is 21.2 Å². The number of thiophene rings is 1. The van der Waals surface area contributed by atoms with Crippen LogP contribution >= 0.6 is 11.3 Å². The Morgan fingerprint density at radius 3 is 2.34 bits per heavy atom. The van der Waals surface area contributed by atoms with Gasteiger partial charge in [-0.05, 0) is 61.7 Å². The largest absolute Gasteiger partial charge is 0.494 e. The van der Waals surface area contributed by atoms with E-state index >= 15 is 0 Å². The van der Waals surface area contributed by atoms with Gasteiger partial charge in [-0.2, -0.15) is 0 Å². The second-order valence-electron chi connectivity index (χ2n) is 6.33. The quantitative estimate of drug-likeness (QED) is 0.597. The van der Waals surface area contributed by atoms with Crippen LogP contribution in [0.3, 0.4) is 0 Å². The van der Waals surface area contributed by atoms with Crippen molar-refractivity contribution in [3.8, 4) is 5.75 Å². The summed E-state index contributed by atoms with van der Waals surface area (Å²) in [5, 5.41) is 4.36. The first kappa shape index (κ1) is 20.9. The Bertz CT molecular complexity index is 1090. The van der Waals surface area contributed by atoms with Crippen LogP contribution in [0.2, 0.25) is 0 Å². The van der Waals surface area contributed by atoms with Crippen LogP contribution in [0.25, 0.3) is 0 Å². The molecule has 0 aliphatic heterocycles. The van der Waals surface area contributed by atoms with E-state index < -0.39 is 15.9 Å². The monoisotopic (exact) mass is 430 g/mol. The standard InChI is InChI=1S/C21H22N2O4S2/c1-4-27-18-11-9-17(10-12-18)23(3)29(25,26)19-13-14-28-20(19)21(24)22-16-7-5-15(2)6-8-16/h5-14H,4H2,1-3H3,(H,22,24). The minimum Gasteiger partial charge on any atom is -0.494 e. The zero-order valence-electron chi connectivity index (χ0n) is 16.4. The molecule has 0 bridgehead atoms. The number of nitrogens with one attached hydrogen (secondary N) is 1. The zero-order valence-corrected chi connectivity index (χ0v) is 18.0. The fourth-order valence-corrected chi connectivity index (χ4v) is 5.19. The minimum atomic E-state index is -3.91. The zero-order chi connectivity index (χ0) is 21.0. The first-order valence-electron chi connectivity index (χ1n) is 9.00. The number of aryl methyl sites for hydroxylation is 1. The second-order valence-corrected chi connectivity index (χ2v) is 9.19. The molecular weight excluding hydrogens is 408 g/mol. The van der Waals surface area contributed by atoms with Crippen LogP contribution in [0.15, 0.2) is 64.9 Å². The van der Waals surface area contributed by atoms with E-state index in [0.29, 0.717) is 23.7 Å². The van der Waals surface area contributed by atoms with Crippen LogP contribution in [-0.2, 0) is 10.0 Å². The lowest BCUT2D eigenvalue weighted by atomic mass is 10.2. The third-order valence-electron chi connectivity index (χ3n) is 4.29. The summed E-state index contributed by atoms with van der Waals surface area (Å²) in [5.74, 6) is 0.207. The summed E-state index contributed by atoms with van der Waals surface area (Å²) in [7, 11) is -2.44. The fourth-order valence-electron chi connectivity index (χ4n) is 2.70. The number of amides is 1. The molecule has 6 nitrogen and oxygen atoms in total. The average molecular weight is 431 g/mol. The summed E-state index contributed by atoms with van der Waals surface area (Å²) in [6.45, 7) is 4.36. The first-order chi connectivity index (χ1) is 13.8. The van der Waals surface area contributed by atoms with E-state index in [-0.39, 0.29) is 9.77 Å². The predicted octanol–water partition coefficient (Wildman–Crippen LogP) is 4.53. The van der Waals surface area contributed by atoms with Crippen molar-refractivity contribution in [2.45, 2.75) is 18.7 Å². The van der Waals surface area contributed by atoms with Crippen molar-refractivity contribution in [3.05, 3.63) is 70.4 Å². The lowest BCUT2D eigenvalue weighted by Gasteiger charge is -2.20. The molecule has 8 heteroatoms. The van der Waals surface area contributed by atoms with Gasteiger partial charge < -0.3 is 10.1 Å². The van der Waals surface area contributed by atoms with Crippen molar-refractivity contribution in [2.24, 2.45) is 0 Å². The Kier molecular flexibility index (Phi) is 6.24. The molecule has 3 aromatic rings. The lowest BCUT2D eigenvalue weighted by Crippen LogP contribution is -2.28. The summed E-state index contributed by atoms with van der Waals surface area (Å²) < 4.78 is 32.9. The van der Waals surface area contributed by atoms with Gasteiger partial charge >= 0.3 is 0 Å². The molecule has 29 heavy (non-hydrogen) atoms. The molecular formula is C21H22N2O4S2. The number of rotatable bonds is 7. The Morgan fingerprint density at radius 1 is 1.07 bits per heavy atom. The van der Waals surface area contributed by atoms with Crippen LogP contribution in [0.4, 0.5) is 11.4 Å². The Morgan fingerprint density at radius 2 is 1.72 bits per heavy atom. The van der Waals surface area contributed by atoms with Gasteiger partial charge in [-0.1, -0.05) is 17.7 Å². The van der Waals surface area contributed by atoms with E-state index in [1.54, 1.807) is 41.8 Å². The maximum absolute atomic E-state index is 13.1. The normalized spacial score (nSPS) is 11.1. The van der Waals surface area contributed by atoms with Crippen molar-refractivity contribution in [2.75, 3.05) is 23.3 Å². The van der Waals surface area contributed by atoms with Crippen LogP contribution in [-0.4, -0.2) is 28.0 Å². The number of anilines is 2. The maximum atomic E-state index is 13.1. The Balaban J connectivity index is 1.85. The van der Waals surface area contributed by atoms with Gasteiger partial charge in [0.05, 0.1) is 12.3 Å². The molecule has 1 heterocycles. The number of benzene rings is 2. The SMILES string of the molecule is CCOc1ccc(N(C)S(=O)(=O)c2ccsc2C(=O)Nc2ccc(C)cc2)cc1. The molecule has 1 N–H and O–H groups in total. The highest BCUT2D eigenvalue weighted by Crippen LogP contribution is 2.29. The second kappa shape index (κ2) is 8.67. The number of hydrogen-bond acceptors (Lipinski definition) is 5. The predicted molar refractivity (Wildman–Crippen MR) is 117 cm³/mol. The molecule has 0 aliphatic rings. The van der Waals surface area contributed by atoms with Crippen molar-refractivity contribution in [3.63, 3.8) is 0 Å². The summed E-state index contributed by atoms with van der Waals surface area (Å²) in [4.78, 5) is 12.8. The van der Waals surface area contributed by atoms with Gasteiger partial charge in [-0.25, -0.2) is 8.42 Å². The molecule has 3 rings (SSSR count). The molecule has 0 aliphatic carbocycles. The van der Waals surface area contributed by atoms with Gasteiger partial charge in [0.15, 0.2) is 0 Å². The first-order valence-corrected chi connectivity index (χ1v) is 11.3. The molecule has 0 fully saturated rings. The smallest absolute Gasteiger partial charge is 0.267 e. The van der Waals surface area contributed by atoms with Gasteiger partial charge in [0.25, 0.3) is 15.9 Å². The number of sulfonamides is 1. The van der Waals surface area contributed by atoms with Crippen molar-refractivity contribution in [1.82, 2.24) is 0 Å². The summed E-state index contributed by atoms with van der Waals surface area (Å²) in [5.41, 5.74) is 2.15. The highest BCUT2D eigenvalue weighted by Gasteiger charge is 2.28. The molecule has 1 aromatic heterocycles. The molecule has 0 spiro atoms. The fraction of sp³-hybridized carbons (Fsp3) is 0.190. The van der Waals surface area contributed by atoms with Crippen molar-refractivity contribution < 1.29 is 17.9 Å². The molecule has 0 saturated carbocycles. The topological polar surface area (TPSA) is 75.7 Å². The number of carbonyl (C=O) groups is 1. The molecule has 0 radical (unpaired) electrons. The highest BCUT2D eigenvalue weighted by molar-refractivity contribution is 7.93. The molecule has 0 saturated heterocycles. The number of carbonyl (C=O) groups excluding carboxylic acids is 1. The van der Waals surface area contributed by atoms with Crippen LogP contribution in [0.5, 0.6) is 5.75 Å². The van der Waals surface area contributed by atoms with Crippen LogP contribution in [0.1, 0.15) is 22.2 Å². The van der Waals surface area contributed by atoms with Crippen molar-refractivity contribution in [1.29, 1.82) is 0 Å². The van der Waals surface area contributed by atoms with E-state index in [1.807, 2.05) is 26.0 Å². The molecule has 0 atom stereocenters. The highest BCUT2D eigenvalue weighted by atomic mass is 32.2. The third-order valence-corrected chi connectivity index (χ3v) is 7.16. The van der Waals surface area contributed by atoms with Gasteiger partial charge in [0.2, 0.25) is 0 Å². The Labute approximate surface area is 174 Å². The van der Waals surface area contributed by atoms with E-state index in [1.165, 1.54) is 13.1 Å². The maximum Gasteiger partial charge on any atom is 0.267 e. The number of hydrogen-bond donors (Lipinski definition) is 1. The molecule has 152 valence electrons. The van der Waals surface area contributed by atoms with E-state index in [9.17, 15) is 13.2 Å². The molecule has 0 unspecified atom stereocenters. The van der Waals surface area contributed by atoms with Gasteiger partial charge in [0.1, 0.15) is 15.5 Å². The van der Waals surface area contributed by atoms with Gasteiger partial charge in [-0.3, -0.25) is 9.10 Å². The van der Waals surface area contributed by atoms with Gasteiger partial charge in [-0.15, -0.1) is 11.3 Å². The average Bonchev–Trinajstić information content (AvgIpc) is 3.21. The van der Waals surface area contributed by atoms with Crippen molar-refractivity contribution >= 4 is 38.6 Å². The lowest BCUT2D eigenvalue weighted by molar-refractivity contribution is 0.102. The summed E-state index contributed by atoms with van der Waals surface area (Å²) >= 11 is 1.09. The van der Waals surface area contributed by atoms with Crippen LogP contribution < -0.4 is 14.4 Å². The Hall–Kier alpha value is -2.84. The summed E-state index contributed by atoms with van der Waals surface area (Å²) in [6, 6.07) is 15.5. The van der Waals surface area contributed by atoms with E-state index in [4.69, 9.17) is 4.74 Å². The minimum absolute atomic E-state index is 0.0245. The van der Waals surface area contributed by atoms with Crippen LogP contribution in [0, 0.1) is 6.92 Å². The van der Waals surface area contributed by atoms with Gasteiger partial charge in [0, 0.05) is 12.7 Å².